The lowest BCUT2D eigenvalue weighted by Crippen LogP contribution is -2.07. The molecular formula is C18H22O. The van der Waals surface area contributed by atoms with Crippen molar-refractivity contribution in [1.82, 2.24) is 0 Å². The summed E-state index contributed by atoms with van der Waals surface area (Å²) in [6, 6.07) is 10.4. The number of benzene rings is 2. The van der Waals surface area contributed by atoms with E-state index in [-0.39, 0.29) is 0 Å². The minimum absolute atomic E-state index is 0.541. The summed E-state index contributed by atoms with van der Waals surface area (Å²) in [5.41, 5.74) is 8.01. The fourth-order valence-electron chi connectivity index (χ4n) is 2.85. The van der Waals surface area contributed by atoms with Crippen molar-refractivity contribution in [1.29, 1.82) is 0 Å². The van der Waals surface area contributed by atoms with Crippen LogP contribution in [-0.4, -0.2) is 5.11 Å². The van der Waals surface area contributed by atoms with Gasteiger partial charge in [0.2, 0.25) is 0 Å². The van der Waals surface area contributed by atoms with Gasteiger partial charge in [0.05, 0.1) is 0 Å². The molecule has 0 bridgehead atoms. The van der Waals surface area contributed by atoms with Crippen LogP contribution in [0.1, 0.15) is 45.0 Å². The van der Waals surface area contributed by atoms with E-state index < -0.39 is 6.10 Å². The van der Waals surface area contributed by atoms with Crippen LogP contribution >= 0.6 is 0 Å². The molecule has 1 unspecified atom stereocenters. The molecule has 0 heterocycles. The van der Waals surface area contributed by atoms with Gasteiger partial charge >= 0.3 is 0 Å². The highest BCUT2D eigenvalue weighted by molar-refractivity contribution is 5.46. The SMILES string of the molecule is Cc1cc(C)c(C(O)c2cccc(C)c2C)c(C)c1. The molecule has 0 aliphatic rings. The van der Waals surface area contributed by atoms with Crippen molar-refractivity contribution in [3.8, 4) is 0 Å². The third-order valence-electron chi connectivity index (χ3n) is 3.95. The Kier molecular flexibility index (Phi) is 3.77. The van der Waals surface area contributed by atoms with Crippen LogP contribution in [0, 0.1) is 34.6 Å². The van der Waals surface area contributed by atoms with Gasteiger partial charge in [-0.15, -0.1) is 0 Å². The van der Waals surface area contributed by atoms with E-state index in [2.05, 4.69) is 52.8 Å². The molecule has 1 atom stereocenters. The largest absolute Gasteiger partial charge is 0.384 e. The normalized spacial score (nSPS) is 12.5. The lowest BCUT2D eigenvalue weighted by Gasteiger charge is -2.20. The summed E-state index contributed by atoms with van der Waals surface area (Å²) in [7, 11) is 0. The molecule has 0 aliphatic carbocycles. The zero-order chi connectivity index (χ0) is 14.2. The quantitative estimate of drug-likeness (QED) is 0.846. The number of hydrogen-bond donors (Lipinski definition) is 1. The van der Waals surface area contributed by atoms with Crippen LogP contribution in [0.25, 0.3) is 0 Å². The number of aryl methyl sites for hydroxylation is 4. The lowest BCUT2D eigenvalue weighted by molar-refractivity contribution is 0.218. The molecule has 2 rings (SSSR count). The fraction of sp³-hybridized carbons (Fsp3) is 0.333. The van der Waals surface area contributed by atoms with Crippen molar-refractivity contribution in [2.45, 2.75) is 40.7 Å². The average molecular weight is 254 g/mol. The van der Waals surface area contributed by atoms with Crippen molar-refractivity contribution >= 4 is 0 Å². The van der Waals surface area contributed by atoms with E-state index in [1.807, 2.05) is 12.1 Å². The summed E-state index contributed by atoms with van der Waals surface area (Å²) in [6.07, 6.45) is -0.541. The second kappa shape index (κ2) is 5.18. The van der Waals surface area contributed by atoms with Gasteiger partial charge in [-0.1, -0.05) is 35.9 Å². The Balaban J connectivity index is 2.56. The Bertz CT molecular complexity index is 588. The predicted octanol–water partition coefficient (Wildman–Crippen LogP) is 4.31. The first-order chi connectivity index (χ1) is 8.91. The van der Waals surface area contributed by atoms with Crippen LogP contribution in [0.5, 0.6) is 0 Å². The van der Waals surface area contributed by atoms with Gasteiger partial charge in [-0.05, 0) is 68.0 Å². The molecule has 0 saturated heterocycles. The monoisotopic (exact) mass is 254 g/mol. The predicted molar refractivity (Wildman–Crippen MR) is 80.6 cm³/mol. The first-order valence-corrected chi connectivity index (χ1v) is 6.73. The molecule has 0 aromatic heterocycles. The van der Waals surface area contributed by atoms with Crippen molar-refractivity contribution in [3.05, 3.63) is 69.3 Å². The Labute approximate surface area is 115 Å². The smallest absolute Gasteiger partial charge is 0.105 e. The Morgan fingerprint density at radius 2 is 1.42 bits per heavy atom. The molecule has 1 heteroatoms. The van der Waals surface area contributed by atoms with Crippen molar-refractivity contribution in [2.24, 2.45) is 0 Å². The molecule has 19 heavy (non-hydrogen) atoms. The van der Waals surface area contributed by atoms with Crippen LogP contribution in [0.4, 0.5) is 0 Å². The van der Waals surface area contributed by atoms with Crippen LogP contribution in [0.2, 0.25) is 0 Å². The molecular weight excluding hydrogens is 232 g/mol. The van der Waals surface area contributed by atoms with Gasteiger partial charge in [-0.25, -0.2) is 0 Å². The van der Waals surface area contributed by atoms with Crippen molar-refractivity contribution in [3.63, 3.8) is 0 Å². The van der Waals surface area contributed by atoms with E-state index >= 15 is 0 Å². The summed E-state index contributed by atoms with van der Waals surface area (Å²) < 4.78 is 0. The first kappa shape index (κ1) is 13.8. The van der Waals surface area contributed by atoms with E-state index in [0.717, 1.165) is 22.3 Å². The van der Waals surface area contributed by atoms with E-state index in [1.165, 1.54) is 16.7 Å². The molecule has 2 aromatic rings. The molecule has 2 aromatic carbocycles. The maximum Gasteiger partial charge on any atom is 0.105 e. The third-order valence-corrected chi connectivity index (χ3v) is 3.95. The highest BCUT2D eigenvalue weighted by Gasteiger charge is 2.18. The summed E-state index contributed by atoms with van der Waals surface area (Å²) >= 11 is 0. The standard InChI is InChI=1S/C18H22O/c1-11-9-13(3)17(14(4)10-11)18(19)16-8-6-7-12(2)15(16)5/h6-10,18-19H,1-5H3. The van der Waals surface area contributed by atoms with Gasteiger partial charge in [-0.3, -0.25) is 0 Å². The molecule has 0 saturated carbocycles. The third kappa shape index (κ3) is 2.57. The molecule has 100 valence electrons. The maximum absolute atomic E-state index is 10.7. The number of rotatable bonds is 2. The molecule has 0 fully saturated rings. The number of hydrogen-bond acceptors (Lipinski definition) is 1. The molecule has 1 N–H and O–H groups in total. The van der Waals surface area contributed by atoms with Gasteiger partial charge in [0, 0.05) is 0 Å². The first-order valence-electron chi connectivity index (χ1n) is 6.73. The Morgan fingerprint density at radius 1 is 0.842 bits per heavy atom. The van der Waals surface area contributed by atoms with Crippen LogP contribution in [0.3, 0.4) is 0 Å². The second-order valence-corrected chi connectivity index (χ2v) is 5.50. The van der Waals surface area contributed by atoms with E-state index in [1.54, 1.807) is 0 Å². The number of aliphatic hydroxyl groups excluding tert-OH is 1. The van der Waals surface area contributed by atoms with Gasteiger partial charge in [0.1, 0.15) is 6.10 Å². The van der Waals surface area contributed by atoms with Gasteiger partial charge < -0.3 is 5.11 Å². The van der Waals surface area contributed by atoms with E-state index in [0.29, 0.717) is 0 Å². The van der Waals surface area contributed by atoms with Crippen LogP contribution < -0.4 is 0 Å². The molecule has 0 radical (unpaired) electrons. The van der Waals surface area contributed by atoms with Crippen molar-refractivity contribution in [2.75, 3.05) is 0 Å². The zero-order valence-corrected chi connectivity index (χ0v) is 12.4. The van der Waals surface area contributed by atoms with E-state index in [9.17, 15) is 5.11 Å². The lowest BCUT2D eigenvalue weighted by atomic mass is 9.89. The van der Waals surface area contributed by atoms with Crippen molar-refractivity contribution < 1.29 is 5.11 Å². The maximum atomic E-state index is 10.7. The summed E-state index contributed by atoms with van der Waals surface area (Å²) in [5, 5.41) is 10.7. The van der Waals surface area contributed by atoms with Gasteiger partial charge in [-0.2, -0.15) is 0 Å². The summed E-state index contributed by atoms with van der Waals surface area (Å²) in [5.74, 6) is 0. The molecule has 0 amide bonds. The highest BCUT2D eigenvalue weighted by atomic mass is 16.3. The summed E-state index contributed by atoms with van der Waals surface area (Å²) in [6.45, 7) is 10.4. The van der Waals surface area contributed by atoms with E-state index in [4.69, 9.17) is 0 Å². The molecule has 1 nitrogen and oxygen atoms in total. The average Bonchev–Trinajstić information content (AvgIpc) is 2.31. The van der Waals surface area contributed by atoms with Crippen LogP contribution in [0.15, 0.2) is 30.3 Å². The Morgan fingerprint density at radius 3 is 2.00 bits per heavy atom. The number of aliphatic hydroxyl groups is 1. The van der Waals surface area contributed by atoms with Gasteiger partial charge in [0.15, 0.2) is 0 Å². The topological polar surface area (TPSA) is 20.2 Å². The summed E-state index contributed by atoms with van der Waals surface area (Å²) in [4.78, 5) is 0. The second-order valence-electron chi connectivity index (χ2n) is 5.50. The fourth-order valence-corrected chi connectivity index (χ4v) is 2.85. The minimum atomic E-state index is -0.541. The molecule has 0 spiro atoms. The van der Waals surface area contributed by atoms with Gasteiger partial charge in [0.25, 0.3) is 0 Å². The highest BCUT2D eigenvalue weighted by Crippen LogP contribution is 2.31. The zero-order valence-electron chi connectivity index (χ0n) is 12.4. The Hall–Kier alpha value is -1.60. The molecule has 0 aliphatic heterocycles. The minimum Gasteiger partial charge on any atom is -0.384 e. The van der Waals surface area contributed by atoms with Crippen LogP contribution in [-0.2, 0) is 0 Å².